The molecule has 2 aromatic carbocycles. The number of amides is 4. The van der Waals surface area contributed by atoms with Crippen LogP contribution in [0.3, 0.4) is 0 Å². The van der Waals surface area contributed by atoms with E-state index in [2.05, 4.69) is 11.4 Å². The Bertz CT molecular complexity index is 1460. The van der Waals surface area contributed by atoms with Gasteiger partial charge >= 0.3 is 12.1 Å². The molecule has 0 unspecified atom stereocenters. The Labute approximate surface area is 245 Å². The second-order valence-electron chi connectivity index (χ2n) is 11.3. The molecule has 1 saturated heterocycles. The third-order valence-corrected chi connectivity index (χ3v) is 7.92. The van der Waals surface area contributed by atoms with Gasteiger partial charge in [0, 0.05) is 32.1 Å². The maximum absolute atomic E-state index is 14.1. The van der Waals surface area contributed by atoms with E-state index in [4.69, 9.17) is 0 Å². The molecule has 0 aliphatic carbocycles. The van der Waals surface area contributed by atoms with Crippen molar-refractivity contribution in [1.29, 1.82) is 5.26 Å². The number of benzene rings is 2. The van der Waals surface area contributed by atoms with Gasteiger partial charge in [-0.05, 0) is 41.7 Å². The molecule has 0 radical (unpaired) electrons. The van der Waals surface area contributed by atoms with Crippen LogP contribution >= 0.6 is 0 Å². The number of hydrogen-bond acceptors (Lipinski definition) is 5. The molecule has 43 heavy (non-hydrogen) atoms. The molecule has 1 spiro atoms. The number of nitrogens with one attached hydrogen (secondary N) is 2. The molecule has 2 N–H and O–H groups in total. The third kappa shape index (κ3) is 6.33. The summed E-state index contributed by atoms with van der Waals surface area (Å²) < 4.78 is 53.0. The minimum absolute atomic E-state index is 0.0268. The van der Waals surface area contributed by atoms with Crippen LogP contribution in [0.5, 0.6) is 0 Å². The third-order valence-electron chi connectivity index (χ3n) is 7.92. The van der Waals surface area contributed by atoms with E-state index >= 15 is 0 Å². The van der Waals surface area contributed by atoms with Crippen LogP contribution in [0.15, 0.2) is 48.5 Å². The molecule has 9 nitrogen and oxygen atoms in total. The molecule has 0 bridgehead atoms. The molecule has 4 amide bonds. The summed E-state index contributed by atoms with van der Waals surface area (Å²) in [6, 6.07) is 9.76. The summed E-state index contributed by atoms with van der Waals surface area (Å²) in [4.78, 5) is 55.1. The summed E-state index contributed by atoms with van der Waals surface area (Å²) >= 11 is 0. The molecule has 2 aliphatic rings. The van der Waals surface area contributed by atoms with Crippen LogP contribution in [0, 0.1) is 23.1 Å². The Kier molecular flexibility index (Phi) is 8.80. The fourth-order valence-corrected chi connectivity index (χ4v) is 5.74. The average Bonchev–Trinajstić information content (AvgIpc) is 3.48. The number of anilines is 1. The molecule has 228 valence electrons. The van der Waals surface area contributed by atoms with Crippen molar-refractivity contribution < 1.29 is 36.7 Å². The Morgan fingerprint density at radius 2 is 1.81 bits per heavy atom. The summed E-state index contributed by atoms with van der Waals surface area (Å²) in [7, 11) is 1.25. The van der Waals surface area contributed by atoms with Crippen LogP contribution in [0.1, 0.15) is 37.8 Å². The van der Waals surface area contributed by atoms with Crippen LogP contribution in [0.2, 0.25) is 0 Å². The number of carbonyl (C=O) groups excluding carboxylic acids is 4. The number of likely N-dealkylation sites (N-methyl/N-ethyl adjacent to an activating group) is 1. The second-order valence-corrected chi connectivity index (χ2v) is 11.3. The van der Waals surface area contributed by atoms with Gasteiger partial charge in [-0.2, -0.15) is 18.4 Å². The van der Waals surface area contributed by atoms with Gasteiger partial charge in [-0.3, -0.25) is 19.2 Å². The average molecular weight is 602 g/mol. The van der Waals surface area contributed by atoms with Crippen molar-refractivity contribution in [2.45, 2.75) is 62.8 Å². The smallest absolute Gasteiger partial charge is 0.336 e. The standard InChI is InChI=1S/C30H31F4N5O4/c1-17(2)12-24(26(41)39-16-29(14-20(39)15-35)21-6-4-5-7-22(21)36-27(29)42)38(3)25(40)23(37-28(43)30(32,33)34)13-18-8-10-19(31)11-9-18/h4-11,17,20,23-24H,12-14,16H2,1-3H3,(H,36,42)(H,37,43)/t20-,23-,24-,29-/m0/s1. The fraction of sp³-hybridized carbons (Fsp3) is 0.433. The van der Waals surface area contributed by atoms with E-state index in [1.54, 1.807) is 43.4 Å². The van der Waals surface area contributed by atoms with E-state index in [1.165, 1.54) is 24.1 Å². The number of rotatable bonds is 8. The highest BCUT2D eigenvalue weighted by Gasteiger charge is 2.57. The molecule has 2 heterocycles. The fourth-order valence-electron chi connectivity index (χ4n) is 5.74. The first-order valence-corrected chi connectivity index (χ1v) is 13.7. The van der Waals surface area contributed by atoms with Gasteiger partial charge in [0.1, 0.15) is 23.9 Å². The van der Waals surface area contributed by atoms with E-state index in [0.29, 0.717) is 11.3 Å². The highest BCUT2D eigenvalue weighted by atomic mass is 19.4. The lowest BCUT2D eigenvalue weighted by molar-refractivity contribution is -0.175. The zero-order valence-electron chi connectivity index (χ0n) is 23.7. The van der Waals surface area contributed by atoms with Crippen molar-refractivity contribution in [2.75, 3.05) is 18.9 Å². The number of hydrogen-bond donors (Lipinski definition) is 2. The Hall–Kier alpha value is -4.47. The van der Waals surface area contributed by atoms with E-state index in [0.717, 1.165) is 17.0 Å². The van der Waals surface area contributed by atoms with Crippen LogP contribution in [-0.2, 0) is 31.0 Å². The number of likely N-dealkylation sites (tertiary alicyclic amines) is 1. The predicted octanol–water partition coefficient (Wildman–Crippen LogP) is 3.30. The minimum atomic E-state index is -5.28. The number of nitrogens with zero attached hydrogens (tertiary/aromatic N) is 3. The van der Waals surface area contributed by atoms with Crippen molar-refractivity contribution >= 4 is 29.3 Å². The second kappa shape index (κ2) is 12.0. The largest absolute Gasteiger partial charge is 0.471 e. The predicted molar refractivity (Wildman–Crippen MR) is 147 cm³/mol. The van der Waals surface area contributed by atoms with Gasteiger partial charge in [-0.15, -0.1) is 0 Å². The molecule has 4 rings (SSSR count). The maximum Gasteiger partial charge on any atom is 0.471 e. The number of fused-ring (bicyclic) bond motifs is 2. The molecule has 0 aromatic heterocycles. The molecule has 2 aromatic rings. The number of para-hydroxylation sites is 1. The molecule has 1 fully saturated rings. The lowest BCUT2D eigenvalue weighted by atomic mass is 9.80. The maximum atomic E-state index is 14.1. The van der Waals surface area contributed by atoms with Gasteiger partial charge in [0.2, 0.25) is 17.7 Å². The topological polar surface area (TPSA) is 123 Å². The molecule has 2 aliphatic heterocycles. The zero-order chi connectivity index (χ0) is 31.7. The highest BCUT2D eigenvalue weighted by molar-refractivity contribution is 6.07. The lowest BCUT2D eigenvalue weighted by Gasteiger charge is -2.35. The molecule has 4 atom stereocenters. The SMILES string of the molecule is CC(C)C[C@@H](C(=O)N1C[C@]2(C[C@H]1C#N)C(=O)Nc1ccccc12)N(C)C(=O)[C@H](Cc1ccc(F)cc1)NC(=O)C(F)(F)F. The van der Waals surface area contributed by atoms with Crippen molar-refractivity contribution in [2.24, 2.45) is 5.92 Å². The normalized spacial score (nSPS) is 20.8. The zero-order valence-corrected chi connectivity index (χ0v) is 23.7. The molecular formula is C30H31F4N5O4. The summed E-state index contributed by atoms with van der Waals surface area (Å²) in [6.07, 6.45) is -5.57. The number of halogens is 4. The van der Waals surface area contributed by atoms with Crippen LogP contribution in [-0.4, -0.2) is 71.3 Å². The first kappa shape index (κ1) is 31.5. The van der Waals surface area contributed by atoms with Gasteiger partial charge in [0.25, 0.3) is 0 Å². The number of nitriles is 1. The summed E-state index contributed by atoms with van der Waals surface area (Å²) in [5, 5.41) is 14.5. The van der Waals surface area contributed by atoms with Crippen molar-refractivity contribution in [1.82, 2.24) is 15.1 Å². The van der Waals surface area contributed by atoms with E-state index in [9.17, 15) is 42.0 Å². The minimum Gasteiger partial charge on any atom is -0.336 e. The molecule has 0 saturated carbocycles. The van der Waals surface area contributed by atoms with E-state index < -0.39 is 59.7 Å². The first-order valence-electron chi connectivity index (χ1n) is 13.7. The van der Waals surface area contributed by atoms with Crippen molar-refractivity contribution in [3.05, 3.63) is 65.5 Å². The van der Waals surface area contributed by atoms with Gasteiger partial charge in [0.15, 0.2) is 0 Å². The van der Waals surface area contributed by atoms with Gasteiger partial charge in [-0.25, -0.2) is 4.39 Å². The summed E-state index contributed by atoms with van der Waals surface area (Å²) in [6.45, 7) is 3.44. The monoisotopic (exact) mass is 601 g/mol. The van der Waals surface area contributed by atoms with Crippen molar-refractivity contribution in [3.8, 4) is 6.07 Å². The summed E-state index contributed by atoms with van der Waals surface area (Å²) in [5.41, 5.74) is 0.325. The Balaban J connectivity index is 1.64. The first-order chi connectivity index (χ1) is 20.2. The summed E-state index contributed by atoms with van der Waals surface area (Å²) in [5.74, 6) is -5.09. The van der Waals surface area contributed by atoms with Crippen LogP contribution < -0.4 is 10.6 Å². The number of alkyl halides is 3. The molecular weight excluding hydrogens is 570 g/mol. The quantitative estimate of drug-likeness (QED) is 0.450. The Morgan fingerprint density at radius 1 is 1.16 bits per heavy atom. The van der Waals surface area contributed by atoms with E-state index in [1.807, 2.05) is 0 Å². The van der Waals surface area contributed by atoms with Crippen LogP contribution in [0.4, 0.5) is 23.2 Å². The van der Waals surface area contributed by atoms with E-state index in [-0.39, 0.29) is 36.8 Å². The van der Waals surface area contributed by atoms with Gasteiger partial charge in [0.05, 0.1) is 11.5 Å². The van der Waals surface area contributed by atoms with Gasteiger partial charge < -0.3 is 20.4 Å². The molecule has 13 heteroatoms. The highest BCUT2D eigenvalue weighted by Crippen LogP contribution is 2.46. The van der Waals surface area contributed by atoms with Gasteiger partial charge in [-0.1, -0.05) is 44.2 Å². The van der Waals surface area contributed by atoms with Crippen molar-refractivity contribution in [3.63, 3.8) is 0 Å². The Morgan fingerprint density at radius 3 is 2.42 bits per heavy atom. The number of carbonyl (C=O) groups is 4. The van der Waals surface area contributed by atoms with Crippen LogP contribution in [0.25, 0.3) is 0 Å². The lowest BCUT2D eigenvalue weighted by Crippen LogP contribution is -2.57.